The van der Waals surface area contributed by atoms with Gasteiger partial charge in [-0.1, -0.05) is 18.2 Å². The monoisotopic (exact) mass is 356 g/mol. The van der Waals surface area contributed by atoms with E-state index in [1.54, 1.807) is 0 Å². The maximum absolute atomic E-state index is 11.7. The van der Waals surface area contributed by atoms with E-state index >= 15 is 0 Å². The molecule has 3 aliphatic heterocycles. The van der Waals surface area contributed by atoms with Crippen LogP contribution in [0.1, 0.15) is 30.0 Å². The van der Waals surface area contributed by atoms with Crippen LogP contribution in [0.4, 0.5) is 0 Å². The zero-order valence-corrected chi connectivity index (χ0v) is 15.0. The van der Waals surface area contributed by atoms with E-state index in [4.69, 9.17) is 0 Å². The number of nitrogens with zero attached hydrogens (tertiary/aromatic N) is 3. The third kappa shape index (κ3) is 2.21. The maximum atomic E-state index is 11.7. The van der Waals surface area contributed by atoms with Crippen LogP contribution >= 0.6 is 0 Å². The summed E-state index contributed by atoms with van der Waals surface area (Å²) in [6, 6.07) is 14.9. The summed E-state index contributed by atoms with van der Waals surface area (Å²) in [5.41, 5.74) is 6.72. The van der Waals surface area contributed by atoms with Crippen LogP contribution in [0.2, 0.25) is 0 Å². The van der Waals surface area contributed by atoms with Crippen molar-refractivity contribution in [3.8, 4) is 5.69 Å². The van der Waals surface area contributed by atoms with Gasteiger partial charge in [0.05, 0.1) is 22.7 Å². The molecule has 1 fully saturated rings. The van der Waals surface area contributed by atoms with Crippen LogP contribution in [-0.2, 0) is 6.54 Å². The van der Waals surface area contributed by atoms with Crippen molar-refractivity contribution in [2.75, 3.05) is 13.1 Å². The van der Waals surface area contributed by atoms with Crippen LogP contribution in [0.25, 0.3) is 27.6 Å². The Bertz CT molecular complexity index is 1240. The van der Waals surface area contributed by atoms with Crippen molar-refractivity contribution >= 4 is 21.9 Å². The van der Waals surface area contributed by atoms with Crippen LogP contribution < -0.4 is 5.56 Å². The summed E-state index contributed by atoms with van der Waals surface area (Å²) in [4.78, 5) is 21.5. The molecular weight excluding hydrogens is 336 g/mol. The highest BCUT2D eigenvalue weighted by Gasteiger charge is 2.32. The van der Waals surface area contributed by atoms with Crippen molar-refractivity contribution in [2.45, 2.75) is 25.3 Å². The van der Waals surface area contributed by atoms with E-state index in [-0.39, 0.29) is 5.56 Å². The first-order valence-electron chi connectivity index (χ1n) is 9.62. The van der Waals surface area contributed by atoms with Crippen LogP contribution in [0.5, 0.6) is 0 Å². The van der Waals surface area contributed by atoms with Crippen LogP contribution in [0.15, 0.2) is 53.5 Å². The molecule has 5 nitrogen and oxygen atoms in total. The Labute approximate surface area is 156 Å². The molecular formula is C22H20N4O. The average molecular weight is 356 g/mol. The van der Waals surface area contributed by atoms with Gasteiger partial charge >= 0.3 is 0 Å². The van der Waals surface area contributed by atoms with Crippen molar-refractivity contribution in [1.29, 1.82) is 0 Å². The Kier molecular flexibility index (Phi) is 3.11. The number of benzene rings is 2. The zero-order chi connectivity index (χ0) is 18.0. The molecule has 0 spiro atoms. The second kappa shape index (κ2) is 5.54. The molecule has 5 heteroatoms. The first-order chi connectivity index (χ1) is 13.3. The lowest BCUT2D eigenvalue weighted by Crippen LogP contribution is -2.29. The molecule has 2 aromatic carbocycles. The molecule has 4 aromatic rings. The molecule has 1 N–H and O–H groups in total. The molecule has 3 aliphatic rings. The van der Waals surface area contributed by atoms with Gasteiger partial charge < -0.3 is 9.55 Å². The number of para-hydroxylation sites is 1. The van der Waals surface area contributed by atoms with Crippen molar-refractivity contribution in [3.63, 3.8) is 0 Å². The lowest BCUT2D eigenvalue weighted by molar-refractivity contribution is 0.220. The smallest absolute Gasteiger partial charge is 0.266 e. The zero-order valence-electron chi connectivity index (χ0n) is 15.0. The van der Waals surface area contributed by atoms with Crippen molar-refractivity contribution in [2.24, 2.45) is 0 Å². The predicted molar refractivity (Wildman–Crippen MR) is 106 cm³/mol. The van der Waals surface area contributed by atoms with E-state index in [2.05, 4.69) is 55.8 Å². The highest BCUT2D eigenvalue weighted by molar-refractivity contribution is 5.88. The molecule has 0 aliphatic carbocycles. The lowest BCUT2D eigenvalue weighted by Gasteiger charge is -2.27. The molecule has 27 heavy (non-hydrogen) atoms. The summed E-state index contributed by atoms with van der Waals surface area (Å²) in [5.74, 6) is 0.592. The molecule has 2 aromatic heterocycles. The highest BCUT2D eigenvalue weighted by atomic mass is 16.1. The van der Waals surface area contributed by atoms with Gasteiger partial charge in [0, 0.05) is 29.2 Å². The number of nitrogens with one attached hydrogen (secondary N) is 1. The fraction of sp³-hybridized carbons (Fsp3) is 0.273. The highest BCUT2D eigenvalue weighted by Crippen LogP contribution is 2.42. The SMILES string of the molecule is O=c1cnc2ccc(-n3c4c(c5ccccc53)CN3CCC4CC3)cc2[nH]1. The molecule has 1 saturated heterocycles. The van der Waals surface area contributed by atoms with Crippen molar-refractivity contribution in [1.82, 2.24) is 19.4 Å². The van der Waals surface area contributed by atoms with E-state index < -0.39 is 0 Å². The third-order valence-electron chi connectivity index (χ3n) is 6.19. The minimum atomic E-state index is -0.165. The Morgan fingerprint density at radius 2 is 1.93 bits per heavy atom. The van der Waals surface area contributed by atoms with Gasteiger partial charge in [0.25, 0.3) is 5.56 Å². The Hall–Kier alpha value is -2.92. The van der Waals surface area contributed by atoms with Gasteiger partial charge in [-0.15, -0.1) is 0 Å². The van der Waals surface area contributed by atoms with Gasteiger partial charge in [0.1, 0.15) is 0 Å². The molecule has 0 unspecified atom stereocenters. The number of rotatable bonds is 1. The Morgan fingerprint density at radius 1 is 1.07 bits per heavy atom. The molecule has 2 bridgehead atoms. The summed E-state index contributed by atoms with van der Waals surface area (Å²) < 4.78 is 2.43. The average Bonchev–Trinajstić information content (AvgIpc) is 2.81. The Balaban J connectivity index is 1.69. The number of H-pyrrole nitrogens is 1. The first kappa shape index (κ1) is 15.2. The minimum absolute atomic E-state index is 0.165. The first-order valence-corrected chi connectivity index (χ1v) is 9.62. The molecule has 7 rings (SSSR count). The quantitative estimate of drug-likeness (QED) is 0.567. The normalized spacial score (nSPS) is 21.5. The largest absolute Gasteiger partial charge is 0.319 e. The Morgan fingerprint density at radius 3 is 2.81 bits per heavy atom. The van der Waals surface area contributed by atoms with E-state index in [1.807, 2.05) is 6.07 Å². The third-order valence-corrected chi connectivity index (χ3v) is 6.19. The number of fused-ring (bicyclic) bond motifs is 4. The topological polar surface area (TPSA) is 53.9 Å². The lowest BCUT2D eigenvalue weighted by atomic mass is 9.94. The van der Waals surface area contributed by atoms with E-state index in [9.17, 15) is 4.79 Å². The van der Waals surface area contributed by atoms with Gasteiger partial charge in [-0.2, -0.15) is 0 Å². The second-order valence-electron chi connectivity index (χ2n) is 7.72. The number of aromatic amines is 1. The summed E-state index contributed by atoms with van der Waals surface area (Å²) in [7, 11) is 0. The van der Waals surface area contributed by atoms with E-state index in [0.29, 0.717) is 5.92 Å². The fourth-order valence-electron chi connectivity index (χ4n) is 4.96. The van der Waals surface area contributed by atoms with Gasteiger partial charge in [0.15, 0.2) is 0 Å². The van der Waals surface area contributed by atoms with Crippen LogP contribution in [-0.4, -0.2) is 32.5 Å². The predicted octanol–water partition coefficient (Wildman–Crippen LogP) is 3.56. The molecule has 0 atom stereocenters. The van der Waals surface area contributed by atoms with Gasteiger partial charge in [-0.3, -0.25) is 9.69 Å². The van der Waals surface area contributed by atoms with Crippen molar-refractivity contribution < 1.29 is 0 Å². The second-order valence-corrected chi connectivity index (χ2v) is 7.72. The number of hydrogen-bond acceptors (Lipinski definition) is 3. The molecule has 5 heterocycles. The summed E-state index contributed by atoms with van der Waals surface area (Å²) in [6.45, 7) is 3.40. The molecule has 0 radical (unpaired) electrons. The van der Waals surface area contributed by atoms with Crippen LogP contribution in [0, 0.1) is 0 Å². The molecule has 0 saturated carbocycles. The van der Waals surface area contributed by atoms with E-state index in [0.717, 1.165) is 23.3 Å². The maximum Gasteiger partial charge on any atom is 0.266 e. The molecule has 134 valence electrons. The number of aromatic nitrogens is 3. The number of hydrogen-bond donors (Lipinski definition) is 1. The minimum Gasteiger partial charge on any atom is -0.319 e. The van der Waals surface area contributed by atoms with E-state index in [1.165, 1.54) is 54.3 Å². The summed E-state index contributed by atoms with van der Waals surface area (Å²) in [5, 5.41) is 1.35. The summed E-state index contributed by atoms with van der Waals surface area (Å²) >= 11 is 0. The van der Waals surface area contributed by atoms with Crippen LogP contribution in [0.3, 0.4) is 0 Å². The fourth-order valence-corrected chi connectivity index (χ4v) is 4.96. The summed E-state index contributed by atoms with van der Waals surface area (Å²) in [6.07, 6.45) is 3.77. The van der Waals surface area contributed by atoms with Gasteiger partial charge in [-0.25, -0.2) is 4.98 Å². The molecule has 0 amide bonds. The standard InChI is InChI=1S/C22H20N4O/c27-21-12-23-18-6-5-15(11-19(18)24-21)26-20-4-2-1-3-16(20)17-13-25-9-7-14(8-10-25)22(17)26/h1-6,11-12,14H,7-10,13H2,(H,24,27). The van der Waals surface area contributed by atoms with Gasteiger partial charge in [-0.05, 0) is 55.8 Å². The number of piperidine rings is 1. The van der Waals surface area contributed by atoms with Crippen molar-refractivity contribution in [3.05, 3.63) is 70.3 Å². The van der Waals surface area contributed by atoms with Gasteiger partial charge in [0.2, 0.25) is 0 Å².